The fourth-order valence-electron chi connectivity index (χ4n) is 3.00. The van der Waals surface area contributed by atoms with Gasteiger partial charge in [0.05, 0.1) is 0 Å². The lowest BCUT2D eigenvalue weighted by molar-refractivity contribution is -0.135. The Labute approximate surface area is 200 Å². The zero-order valence-corrected chi connectivity index (χ0v) is 19.6. The number of carbonyl (C=O) groups is 4. The van der Waals surface area contributed by atoms with E-state index in [1.165, 1.54) is 0 Å². The predicted octanol–water partition coefficient (Wildman–Crippen LogP) is 5.74. The molecule has 0 atom stereocenters. The largest absolute Gasteiger partial charge is 0.427 e. The molecule has 0 aliphatic carbocycles. The molecule has 0 fully saturated rings. The van der Waals surface area contributed by atoms with Crippen LogP contribution >= 0.6 is 0 Å². The maximum atomic E-state index is 11.7. The maximum absolute atomic E-state index is 11.7. The van der Waals surface area contributed by atoms with Gasteiger partial charge in [-0.15, -0.1) is 0 Å². The molecule has 2 rings (SSSR count). The van der Waals surface area contributed by atoms with Crippen LogP contribution in [-0.2, 0) is 19.2 Å². The van der Waals surface area contributed by atoms with Crippen molar-refractivity contribution in [3.8, 4) is 11.5 Å². The van der Waals surface area contributed by atoms with Crippen molar-refractivity contribution >= 4 is 36.7 Å². The number of aldehydes is 2. The highest BCUT2D eigenvalue weighted by Crippen LogP contribution is 2.20. The van der Waals surface area contributed by atoms with Gasteiger partial charge in [0.25, 0.3) is 0 Å². The second kappa shape index (κ2) is 14.4. The number of unbranched alkanes of at least 4 members (excludes halogenated alkanes) is 2. The number of ether oxygens (including phenoxy) is 2. The Kier molecular flexibility index (Phi) is 11.2. The summed E-state index contributed by atoms with van der Waals surface area (Å²) in [6.45, 7) is 4.00. The average molecular weight is 463 g/mol. The van der Waals surface area contributed by atoms with Crippen molar-refractivity contribution in [1.82, 2.24) is 0 Å². The molecule has 0 aliphatic rings. The predicted molar refractivity (Wildman–Crippen MR) is 131 cm³/mol. The van der Waals surface area contributed by atoms with Gasteiger partial charge in [0.1, 0.15) is 11.5 Å². The number of rotatable bonds is 13. The van der Waals surface area contributed by atoms with Crippen LogP contribution in [0.1, 0.15) is 63.5 Å². The summed E-state index contributed by atoms with van der Waals surface area (Å²) in [5.74, 6) is 0.276. The molecule has 0 N–H and O–H groups in total. The van der Waals surface area contributed by atoms with Crippen molar-refractivity contribution in [2.45, 2.75) is 52.4 Å². The molecule has 0 saturated carbocycles. The maximum Gasteiger partial charge on any atom is 0.311 e. The van der Waals surface area contributed by atoms with E-state index in [4.69, 9.17) is 9.47 Å². The van der Waals surface area contributed by atoms with E-state index in [2.05, 4.69) is 0 Å². The highest BCUT2D eigenvalue weighted by atomic mass is 16.5. The summed E-state index contributed by atoms with van der Waals surface area (Å²) in [6.07, 6.45) is 8.50. The van der Waals surface area contributed by atoms with Gasteiger partial charge in [-0.25, -0.2) is 0 Å². The summed E-state index contributed by atoms with van der Waals surface area (Å²) in [7, 11) is 0. The third kappa shape index (κ3) is 8.98. The Bertz CT molecular complexity index is 944. The van der Waals surface area contributed by atoms with Crippen molar-refractivity contribution in [1.29, 1.82) is 0 Å². The van der Waals surface area contributed by atoms with Crippen LogP contribution in [0.3, 0.4) is 0 Å². The third-order valence-corrected chi connectivity index (χ3v) is 4.92. The van der Waals surface area contributed by atoms with Crippen LogP contribution < -0.4 is 9.47 Å². The van der Waals surface area contributed by atoms with E-state index >= 15 is 0 Å². The summed E-state index contributed by atoms with van der Waals surface area (Å²) in [5, 5.41) is 0. The van der Waals surface area contributed by atoms with E-state index in [1.54, 1.807) is 60.7 Å². The minimum atomic E-state index is -0.286. The van der Waals surface area contributed by atoms with E-state index in [9.17, 15) is 19.2 Å². The average Bonchev–Trinajstić information content (AvgIpc) is 2.85. The molecule has 178 valence electrons. The van der Waals surface area contributed by atoms with Gasteiger partial charge in [0, 0.05) is 24.0 Å². The van der Waals surface area contributed by atoms with Crippen LogP contribution in [0.5, 0.6) is 11.5 Å². The van der Waals surface area contributed by atoms with Gasteiger partial charge >= 0.3 is 11.9 Å². The first-order valence-electron chi connectivity index (χ1n) is 11.4. The highest BCUT2D eigenvalue weighted by molar-refractivity contribution is 6.02. The van der Waals surface area contributed by atoms with Crippen molar-refractivity contribution < 1.29 is 28.7 Å². The molecule has 0 amide bonds. The number of esters is 2. The van der Waals surface area contributed by atoms with Gasteiger partial charge in [0.2, 0.25) is 0 Å². The summed E-state index contributed by atoms with van der Waals surface area (Å²) < 4.78 is 10.6. The van der Waals surface area contributed by atoms with Crippen molar-refractivity contribution in [2.75, 3.05) is 0 Å². The normalized spacial score (nSPS) is 11.6. The van der Waals surface area contributed by atoms with Gasteiger partial charge < -0.3 is 9.47 Å². The lowest BCUT2D eigenvalue weighted by Crippen LogP contribution is -2.07. The van der Waals surface area contributed by atoms with E-state index < -0.39 is 0 Å². The number of hydrogen-bond acceptors (Lipinski definition) is 6. The molecule has 2 aromatic carbocycles. The monoisotopic (exact) mass is 462 g/mol. The first-order chi connectivity index (χ1) is 16.5. The van der Waals surface area contributed by atoms with Crippen LogP contribution in [0.2, 0.25) is 0 Å². The Morgan fingerprint density at radius 1 is 0.647 bits per heavy atom. The Balaban J connectivity index is 2.11. The smallest absolute Gasteiger partial charge is 0.311 e. The van der Waals surface area contributed by atoms with Crippen LogP contribution in [0.15, 0.2) is 59.7 Å². The van der Waals surface area contributed by atoms with Crippen LogP contribution in [0.4, 0.5) is 0 Å². The second-order valence-electron chi connectivity index (χ2n) is 7.73. The molecule has 0 aliphatic heterocycles. The summed E-state index contributed by atoms with van der Waals surface area (Å²) in [6, 6.07) is 13.4. The summed E-state index contributed by atoms with van der Waals surface area (Å²) >= 11 is 0. The molecule has 0 unspecified atom stereocenters. The number of allylic oxidation sites excluding steroid dienone is 2. The molecule has 6 heteroatoms. The SMILES string of the molecule is CCCCC(=O)Oc1ccc(/C=C(C=O)\C(C=O)=C/c2ccc(OC(=O)CCCC)cc2)cc1. The summed E-state index contributed by atoms with van der Waals surface area (Å²) in [4.78, 5) is 46.9. The second-order valence-corrected chi connectivity index (χ2v) is 7.73. The van der Waals surface area contributed by atoms with E-state index in [-0.39, 0.29) is 23.1 Å². The quantitative estimate of drug-likeness (QED) is 0.124. The van der Waals surface area contributed by atoms with Crippen molar-refractivity contribution in [3.63, 3.8) is 0 Å². The zero-order valence-electron chi connectivity index (χ0n) is 19.6. The summed E-state index contributed by atoms with van der Waals surface area (Å²) in [5.41, 5.74) is 1.77. The van der Waals surface area contributed by atoms with Crippen LogP contribution in [-0.4, -0.2) is 24.5 Å². The molecule has 0 radical (unpaired) electrons. The van der Waals surface area contributed by atoms with Gasteiger partial charge in [-0.2, -0.15) is 0 Å². The lowest BCUT2D eigenvalue weighted by Gasteiger charge is -2.06. The van der Waals surface area contributed by atoms with Gasteiger partial charge in [0.15, 0.2) is 12.6 Å². The number of hydrogen-bond donors (Lipinski definition) is 0. The molecular formula is C28H30O6. The molecule has 0 saturated heterocycles. The van der Waals surface area contributed by atoms with Gasteiger partial charge in [-0.05, 0) is 60.4 Å². The van der Waals surface area contributed by atoms with Crippen molar-refractivity contribution in [2.24, 2.45) is 0 Å². The van der Waals surface area contributed by atoms with Crippen molar-refractivity contribution in [3.05, 3.63) is 70.8 Å². The van der Waals surface area contributed by atoms with Gasteiger partial charge in [-0.1, -0.05) is 51.0 Å². The molecule has 0 spiro atoms. The molecule has 0 bridgehead atoms. The standard InChI is InChI=1S/C28H30O6/c1-3-5-7-27(31)33-25-13-9-21(10-14-25)17-23(19-29)24(20-30)18-22-11-15-26(16-12-22)34-28(32)8-6-4-2/h9-20H,3-8H2,1-2H3/b23-17-,24-18-. The fourth-order valence-corrected chi connectivity index (χ4v) is 3.00. The third-order valence-electron chi connectivity index (χ3n) is 4.92. The van der Waals surface area contributed by atoms with Crippen LogP contribution in [0, 0.1) is 0 Å². The first-order valence-corrected chi connectivity index (χ1v) is 11.4. The topological polar surface area (TPSA) is 86.7 Å². The zero-order chi connectivity index (χ0) is 24.8. The Hall–Kier alpha value is -3.80. The van der Waals surface area contributed by atoms with Gasteiger partial charge in [-0.3, -0.25) is 19.2 Å². The molecule has 0 heterocycles. The molecule has 0 aromatic heterocycles. The number of carbonyl (C=O) groups excluding carboxylic acids is 4. The first kappa shape index (κ1) is 26.5. The highest BCUT2D eigenvalue weighted by Gasteiger charge is 2.08. The van der Waals surface area contributed by atoms with E-state index in [0.717, 1.165) is 25.7 Å². The number of benzene rings is 2. The van der Waals surface area contributed by atoms with Crippen LogP contribution in [0.25, 0.3) is 12.2 Å². The Morgan fingerprint density at radius 3 is 1.29 bits per heavy atom. The molecule has 6 nitrogen and oxygen atoms in total. The lowest BCUT2D eigenvalue weighted by atomic mass is 10.0. The van der Waals surface area contributed by atoms with E-state index in [1.807, 2.05) is 13.8 Å². The fraction of sp³-hybridized carbons (Fsp3) is 0.286. The molecular weight excluding hydrogens is 432 g/mol. The minimum Gasteiger partial charge on any atom is -0.427 e. The van der Waals surface area contributed by atoms with E-state index in [0.29, 0.717) is 48.0 Å². The molecule has 2 aromatic rings. The minimum absolute atomic E-state index is 0.206. The molecule has 34 heavy (non-hydrogen) atoms. The Morgan fingerprint density at radius 2 is 1.00 bits per heavy atom.